The van der Waals surface area contributed by atoms with E-state index in [1.54, 1.807) is 4.90 Å². The number of amides is 1. The minimum atomic E-state index is -0.916. The fourth-order valence-corrected chi connectivity index (χ4v) is 2.41. The number of rotatable bonds is 3. The van der Waals surface area contributed by atoms with E-state index in [-0.39, 0.29) is 23.7 Å². The van der Waals surface area contributed by atoms with Crippen LogP contribution in [0.5, 0.6) is 0 Å². The first-order valence-corrected chi connectivity index (χ1v) is 6.25. The summed E-state index contributed by atoms with van der Waals surface area (Å²) in [7, 11) is 0. The minimum absolute atomic E-state index is 0.0487. The zero-order valence-corrected chi connectivity index (χ0v) is 10.5. The topological polar surface area (TPSA) is 72.3 Å². The Morgan fingerprint density at radius 2 is 2.11 bits per heavy atom. The Morgan fingerprint density at radius 3 is 2.74 bits per heavy atom. The third kappa shape index (κ3) is 2.68. The first kappa shape index (κ1) is 13.7. The second-order valence-corrected chi connectivity index (χ2v) is 4.76. The third-order valence-corrected chi connectivity index (χ3v) is 3.53. The first-order chi connectivity index (χ1) is 9.04. The van der Waals surface area contributed by atoms with E-state index in [2.05, 4.69) is 0 Å². The highest BCUT2D eigenvalue weighted by Gasteiger charge is 2.26. The lowest BCUT2D eigenvalue weighted by molar-refractivity contribution is -0.122. The average molecular weight is 269 g/mol. The van der Waals surface area contributed by atoms with Crippen LogP contribution >= 0.6 is 0 Å². The average Bonchev–Trinajstić information content (AvgIpc) is 2.42. The van der Waals surface area contributed by atoms with Gasteiger partial charge in [0.25, 0.3) is 0 Å². The number of piperidine rings is 1. The molecule has 1 heterocycles. The third-order valence-electron chi connectivity index (χ3n) is 3.53. The van der Waals surface area contributed by atoms with Crippen molar-refractivity contribution >= 4 is 11.6 Å². The molecule has 19 heavy (non-hydrogen) atoms. The van der Waals surface area contributed by atoms with Gasteiger partial charge in [0, 0.05) is 25.2 Å². The largest absolute Gasteiger partial charge is 0.369 e. The molecule has 0 aromatic heterocycles. The van der Waals surface area contributed by atoms with Crippen LogP contribution in [0.4, 0.5) is 14.5 Å². The lowest BCUT2D eigenvalue weighted by Gasteiger charge is -2.33. The Kier molecular flexibility index (Phi) is 3.99. The molecule has 1 aliphatic rings. The smallest absolute Gasteiger partial charge is 0.222 e. The molecule has 2 rings (SSSR count). The highest BCUT2D eigenvalue weighted by Crippen LogP contribution is 2.28. The molecule has 0 bridgehead atoms. The van der Waals surface area contributed by atoms with Crippen LogP contribution in [0.1, 0.15) is 18.4 Å². The van der Waals surface area contributed by atoms with Crippen LogP contribution in [0.3, 0.4) is 0 Å². The molecule has 0 radical (unpaired) electrons. The van der Waals surface area contributed by atoms with Gasteiger partial charge in [-0.05, 0) is 18.9 Å². The number of carbonyl (C=O) groups excluding carboxylic acids is 1. The number of nitrogens with zero attached hydrogens (tertiary/aromatic N) is 1. The van der Waals surface area contributed by atoms with Crippen LogP contribution in [-0.2, 0) is 11.3 Å². The molecule has 0 aliphatic carbocycles. The van der Waals surface area contributed by atoms with Gasteiger partial charge in [-0.2, -0.15) is 0 Å². The number of halogens is 2. The summed E-state index contributed by atoms with van der Waals surface area (Å²) in [5.41, 5.74) is 10.9. The Labute approximate surface area is 110 Å². The molecule has 1 fully saturated rings. The lowest BCUT2D eigenvalue weighted by atomic mass is 9.97. The summed E-state index contributed by atoms with van der Waals surface area (Å²) in [6, 6.07) is 2.98. The van der Waals surface area contributed by atoms with E-state index in [1.807, 2.05) is 0 Å². The number of benzene rings is 1. The van der Waals surface area contributed by atoms with Crippen molar-refractivity contribution < 1.29 is 13.6 Å². The van der Waals surface area contributed by atoms with Crippen molar-refractivity contribution in [2.45, 2.75) is 19.4 Å². The molecular weight excluding hydrogens is 252 g/mol. The molecular formula is C13H17F2N3O. The summed E-state index contributed by atoms with van der Waals surface area (Å²) < 4.78 is 27.7. The molecule has 0 saturated carbocycles. The van der Waals surface area contributed by atoms with Gasteiger partial charge in [0.05, 0.1) is 11.6 Å². The summed E-state index contributed by atoms with van der Waals surface area (Å²) in [5, 5.41) is 0. The highest BCUT2D eigenvalue weighted by molar-refractivity contribution is 5.77. The monoisotopic (exact) mass is 269 g/mol. The van der Waals surface area contributed by atoms with Crippen molar-refractivity contribution in [1.29, 1.82) is 0 Å². The van der Waals surface area contributed by atoms with Crippen LogP contribution in [-0.4, -0.2) is 19.0 Å². The molecule has 4 nitrogen and oxygen atoms in total. The maximum Gasteiger partial charge on any atom is 0.222 e. The van der Waals surface area contributed by atoms with E-state index in [0.29, 0.717) is 19.5 Å². The second-order valence-electron chi connectivity index (χ2n) is 4.76. The molecule has 1 aliphatic heterocycles. The summed E-state index contributed by atoms with van der Waals surface area (Å²) in [5.74, 6) is -2.54. The van der Waals surface area contributed by atoms with Gasteiger partial charge in [-0.15, -0.1) is 0 Å². The zero-order chi connectivity index (χ0) is 14.0. The van der Waals surface area contributed by atoms with Gasteiger partial charge >= 0.3 is 0 Å². The number of hydrogen-bond donors (Lipinski definition) is 2. The second kappa shape index (κ2) is 5.52. The maximum absolute atomic E-state index is 14.0. The zero-order valence-electron chi connectivity index (χ0n) is 10.5. The van der Waals surface area contributed by atoms with Gasteiger partial charge in [0.1, 0.15) is 0 Å². The molecule has 6 heteroatoms. The molecule has 1 atom stereocenters. The lowest BCUT2D eigenvalue weighted by Crippen LogP contribution is -2.41. The Hall–Kier alpha value is -1.69. The number of carbonyl (C=O) groups is 1. The molecule has 1 aromatic rings. The normalized spacial score (nSPS) is 19.5. The fourth-order valence-electron chi connectivity index (χ4n) is 2.41. The summed E-state index contributed by atoms with van der Waals surface area (Å²) in [4.78, 5) is 12.9. The van der Waals surface area contributed by atoms with Gasteiger partial charge in [-0.25, -0.2) is 8.78 Å². The van der Waals surface area contributed by atoms with Crippen LogP contribution in [0, 0.1) is 17.6 Å². The summed E-state index contributed by atoms with van der Waals surface area (Å²) >= 11 is 0. The van der Waals surface area contributed by atoms with Crippen LogP contribution < -0.4 is 16.4 Å². The van der Waals surface area contributed by atoms with Gasteiger partial charge in [-0.3, -0.25) is 4.79 Å². The number of hydrogen-bond acceptors (Lipinski definition) is 3. The van der Waals surface area contributed by atoms with Crippen molar-refractivity contribution in [3.05, 3.63) is 29.3 Å². The number of nitrogens with two attached hydrogens (primary N) is 2. The van der Waals surface area contributed by atoms with Gasteiger partial charge in [0.2, 0.25) is 5.91 Å². The van der Waals surface area contributed by atoms with E-state index < -0.39 is 17.5 Å². The van der Waals surface area contributed by atoms with Crippen molar-refractivity contribution in [2.24, 2.45) is 17.4 Å². The van der Waals surface area contributed by atoms with Crippen LogP contribution in [0.2, 0.25) is 0 Å². The van der Waals surface area contributed by atoms with E-state index >= 15 is 0 Å². The van der Waals surface area contributed by atoms with Gasteiger partial charge in [-0.1, -0.05) is 6.07 Å². The van der Waals surface area contributed by atoms with E-state index in [9.17, 15) is 13.6 Å². The van der Waals surface area contributed by atoms with Gasteiger partial charge in [0.15, 0.2) is 11.6 Å². The quantitative estimate of drug-likeness (QED) is 0.864. The van der Waals surface area contributed by atoms with Crippen molar-refractivity contribution in [2.75, 3.05) is 18.0 Å². The summed E-state index contributed by atoms with van der Waals surface area (Å²) in [6.45, 7) is 0.864. The molecule has 1 unspecified atom stereocenters. The minimum Gasteiger partial charge on any atom is -0.369 e. The fraction of sp³-hybridized carbons (Fsp3) is 0.462. The molecule has 4 N–H and O–H groups in total. The Bertz CT molecular complexity index is 493. The predicted octanol–water partition coefficient (Wildman–Crippen LogP) is 1.13. The van der Waals surface area contributed by atoms with Crippen molar-refractivity contribution in [3.63, 3.8) is 0 Å². The van der Waals surface area contributed by atoms with E-state index in [1.165, 1.54) is 12.1 Å². The molecule has 104 valence electrons. The van der Waals surface area contributed by atoms with Crippen molar-refractivity contribution in [3.8, 4) is 0 Å². The van der Waals surface area contributed by atoms with Gasteiger partial charge < -0.3 is 16.4 Å². The SMILES string of the molecule is NCc1ccc(N2CCCC(C(N)=O)C2)c(F)c1F. The van der Waals surface area contributed by atoms with Crippen LogP contribution in [0.15, 0.2) is 12.1 Å². The molecule has 1 amide bonds. The molecule has 1 saturated heterocycles. The Morgan fingerprint density at radius 1 is 1.37 bits per heavy atom. The molecule has 1 aromatic carbocycles. The highest BCUT2D eigenvalue weighted by atomic mass is 19.2. The Balaban J connectivity index is 2.27. The van der Waals surface area contributed by atoms with E-state index in [0.717, 1.165) is 6.42 Å². The van der Waals surface area contributed by atoms with Crippen LogP contribution in [0.25, 0.3) is 0 Å². The first-order valence-electron chi connectivity index (χ1n) is 6.25. The standard InChI is InChI=1S/C13H17F2N3O/c14-11-8(6-16)3-4-10(12(11)15)18-5-1-2-9(7-18)13(17)19/h3-4,9H,1-2,5-7,16H2,(H2,17,19). The number of anilines is 1. The molecule has 0 spiro atoms. The van der Waals surface area contributed by atoms with Crippen molar-refractivity contribution in [1.82, 2.24) is 0 Å². The maximum atomic E-state index is 14.0. The predicted molar refractivity (Wildman–Crippen MR) is 68.4 cm³/mol. The van der Waals surface area contributed by atoms with E-state index in [4.69, 9.17) is 11.5 Å². The summed E-state index contributed by atoms with van der Waals surface area (Å²) in [6.07, 6.45) is 1.42. The number of primary amides is 1.